The molecule has 0 radical (unpaired) electrons. The molecule has 15 heavy (non-hydrogen) atoms. The van der Waals surface area contributed by atoms with Gasteiger partial charge in [0.05, 0.1) is 6.20 Å². The van der Waals surface area contributed by atoms with Crippen LogP contribution in [0.2, 0.25) is 0 Å². The lowest BCUT2D eigenvalue weighted by Gasteiger charge is -2.05. The van der Waals surface area contributed by atoms with E-state index in [9.17, 15) is 4.79 Å². The van der Waals surface area contributed by atoms with Crippen molar-refractivity contribution in [1.29, 1.82) is 0 Å². The van der Waals surface area contributed by atoms with Gasteiger partial charge in [0.25, 0.3) is 5.91 Å². The molecule has 0 aliphatic carbocycles. The van der Waals surface area contributed by atoms with E-state index in [0.29, 0.717) is 5.11 Å². The van der Waals surface area contributed by atoms with Crippen LogP contribution in [0.3, 0.4) is 0 Å². The van der Waals surface area contributed by atoms with Crippen LogP contribution in [0.25, 0.3) is 0 Å². The van der Waals surface area contributed by atoms with Crippen molar-refractivity contribution in [1.82, 2.24) is 20.4 Å². The monoisotopic (exact) mass is 224 g/mol. The molecule has 1 unspecified atom stereocenters. The predicted molar refractivity (Wildman–Crippen MR) is 59.2 cm³/mol. The third-order valence-corrected chi connectivity index (χ3v) is 2.48. The summed E-state index contributed by atoms with van der Waals surface area (Å²) >= 11 is 4.86. The lowest BCUT2D eigenvalue weighted by molar-refractivity contribution is -0.120. The number of aromatic nitrogens is 2. The van der Waals surface area contributed by atoms with Crippen molar-refractivity contribution in [3.63, 3.8) is 0 Å². The van der Waals surface area contributed by atoms with Gasteiger partial charge >= 0.3 is 0 Å². The normalized spacial score (nSPS) is 20.6. The van der Waals surface area contributed by atoms with Gasteiger partial charge in [0, 0.05) is 17.8 Å². The van der Waals surface area contributed by atoms with Crippen molar-refractivity contribution in [2.75, 3.05) is 0 Å². The molecule has 2 N–H and O–H groups in total. The number of carbonyl (C=O) groups is 1. The van der Waals surface area contributed by atoms with Gasteiger partial charge < -0.3 is 10.6 Å². The molecule has 1 aliphatic heterocycles. The molecule has 0 aromatic carbocycles. The molecule has 0 spiro atoms. The molecule has 1 amide bonds. The summed E-state index contributed by atoms with van der Waals surface area (Å²) in [4.78, 5) is 11.5. The third-order valence-electron chi connectivity index (χ3n) is 2.26. The van der Waals surface area contributed by atoms with Gasteiger partial charge in [-0.3, -0.25) is 9.48 Å². The third kappa shape index (κ3) is 1.85. The van der Waals surface area contributed by atoms with Crippen molar-refractivity contribution in [2.45, 2.75) is 25.9 Å². The average molecular weight is 224 g/mol. The van der Waals surface area contributed by atoms with Crippen LogP contribution >= 0.6 is 12.2 Å². The largest absolute Gasteiger partial charge is 0.347 e. The number of amides is 1. The Hall–Kier alpha value is -1.43. The molecule has 1 saturated heterocycles. The molecule has 2 rings (SSSR count). The topological polar surface area (TPSA) is 59.0 Å². The first-order chi connectivity index (χ1) is 7.08. The summed E-state index contributed by atoms with van der Waals surface area (Å²) in [5.74, 6) is -0.122. The van der Waals surface area contributed by atoms with Gasteiger partial charge in [-0.1, -0.05) is 0 Å². The van der Waals surface area contributed by atoms with E-state index in [4.69, 9.17) is 12.2 Å². The van der Waals surface area contributed by atoms with Gasteiger partial charge in [0.15, 0.2) is 5.11 Å². The smallest absolute Gasteiger partial charge is 0.253 e. The minimum absolute atomic E-state index is 0.122. The standard InChI is InChI=1S/C9H12N4OS/c1-5(2)13-4-6(3-10-13)7-8(14)12-9(15)11-7/h3-5,7H,1-2H3,(H2,11,12,14,15). The molecular formula is C9H12N4OS. The summed E-state index contributed by atoms with van der Waals surface area (Å²) in [7, 11) is 0. The molecule has 5 nitrogen and oxygen atoms in total. The maximum absolute atomic E-state index is 11.5. The Labute approximate surface area is 92.8 Å². The fourth-order valence-electron chi connectivity index (χ4n) is 1.44. The SMILES string of the molecule is CC(C)n1cc(C2NC(=S)NC2=O)cn1. The fourth-order valence-corrected chi connectivity index (χ4v) is 1.65. The summed E-state index contributed by atoms with van der Waals surface area (Å²) in [6.45, 7) is 4.06. The lowest BCUT2D eigenvalue weighted by Crippen LogP contribution is -2.21. The predicted octanol–water partition coefficient (Wildman–Crippen LogP) is 0.509. The van der Waals surface area contributed by atoms with Crippen LogP contribution in [-0.4, -0.2) is 20.8 Å². The molecule has 80 valence electrons. The summed E-state index contributed by atoms with van der Waals surface area (Å²) in [5.41, 5.74) is 0.834. The van der Waals surface area contributed by atoms with Crippen LogP contribution < -0.4 is 10.6 Å². The van der Waals surface area contributed by atoms with E-state index in [0.717, 1.165) is 5.56 Å². The highest BCUT2D eigenvalue weighted by Gasteiger charge is 2.29. The first-order valence-corrected chi connectivity index (χ1v) is 5.14. The Morgan fingerprint density at radius 2 is 2.33 bits per heavy atom. The Kier molecular flexibility index (Phi) is 2.44. The number of thiocarbonyl (C=S) groups is 1. The molecule has 6 heteroatoms. The van der Waals surface area contributed by atoms with Gasteiger partial charge in [-0.05, 0) is 26.1 Å². The number of hydrogen-bond donors (Lipinski definition) is 2. The van der Waals surface area contributed by atoms with E-state index in [1.165, 1.54) is 0 Å². The first-order valence-electron chi connectivity index (χ1n) is 4.73. The second-order valence-electron chi connectivity index (χ2n) is 3.74. The van der Waals surface area contributed by atoms with E-state index in [1.807, 2.05) is 24.7 Å². The summed E-state index contributed by atoms with van der Waals surface area (Å²) in [6, 6.07) is -0.111. The Balaban J connectivity index is 2.23. The molecule has 1 atom stereocenters. The van der Waals surface area contributed by atoms with E-state index in [-0.39, 0.29) is 11.9 Å². The Morgan fingerprint density at radius 1 is 1.60 bits per heavy atom. The highest BCUT2D eigenvalue weighted by atomic mass is 32.1. The minimum Gasteiger partial charge on any atom is -0.347 e. The number of rotatable bonds is 2. The highest BCUT2D eigenvalue weighted by Crippen LogP contribution is 2.17. The van der Waals surface area contributed by atoms with Crippen LogP contribution in [0.1, 0.15) is 31.5 Å². The molecule has 1 aliphatic rings. The minimum atomic E-state index is -0.398. The summed E-state index contributed by atoms with van der Waals surface area (Å²) < 4.78 is 1.81. The molecule has 0 bridgehead atoms. The Bertz CT molecular complexity index is 412. The number of carbonyl (C=O) groups excluding carboxylic acids is 1. The molecule has 0 saturated carbocycles. The van der Waals surface area contributed by atoms with Crippen LogP contribution in [0, 0.1) is 0 Å². The maximum atomic E-state index is 11.5. The molecule has 1 aromatic rings. The van der Waals surface area contributed by atoms with E-state index >= 15 is 0 Å². The Morgan fingerprint density at radius 3 is 2.80 bits per heavy atom. The van der Waals surface area contributed by atoms with Crippen LogP contribution in [0.5, 0.6) is 0 Å². The lowest BCUT2D eigenvalue weighted by atomic mass is 10.2. The van der Waals surface area contributed by atoms with Crippen molar-refractivity contribution < 1.29 is 4.79 Å². The zero-order chi connectivity index (χ0) is 11.0. The zero-order valence-electron chi connectivity index (χ0n) is 8.52. The zero-order valence-corrected chi connectivity index (χ0v) is 9.34. The van der Waals surface area contributed by atoms with Crippen LogP contribution in [-0.2, 0) is 4.79 Å². The van der Waals surface area contributed by atoms with Crippen molar-refractivity contribution >= 4 is 23.2 Å². The van der Waals surface area contributed by atoms with Gasteiger partial charge in [-0.15, -0.1) is 0 Å². The first kappa shape index (κ1) is 10.1. The van der Waals surface area contributed by atoms with Crippen LogP contribution in [0.4, 0.5) is 0 Å². The van der Waals surface area contributed by atoms with Crippen molar-refractivity contribution in [2.24, 2.45) is 0 Å². The van der Waals surface area contributed by atoms with Crippen LogP contribution in [0.15, 0.2) is 12.4 Å². The highest BCUT2D eigenvalue weighted by molar-refractivity contribution is 7.80. The molecule has 2 heterocycles. The maximum Gasteiger partial charge on any atom is 0.253 e. The number of hydrogen-bond acceptors (Lipinski definition) is 3. The van der Waals surface area contributed by atoms with Gasteiger partial charge in [0.2, 0.25) is 0 Å². The number of nitrogens with zero attached hydrogens (tertiary/aromatic N) is 2. The second-order valence-corrected chi connectivity index (χ2v) is 4.15. The quantitative estimate of drug-likeness (QED) is 0.719. The summed E-state index contributed by atoms with van der Waals surface area (Å²) in [6.07, 6.45) is 3.54. The van der Waals surface area contributed by atoms with Gasteiger partial charge in [-0.25, -0.2) is 0 Å². The molecular weight excluding hydrogens is 212 g/mol. The second kappa shape index (κ2) is 3.62. The van der Waals surface area contributed by atoms with Crippen molar-refractivity contribution in [3.8, 4) is 0 Å². The van der Waals surface area contributed by atoms with Crippen molar-refractivity contribution in [3.05, 3.63) is 18.0 Å². The van der Waals surface area contributed by atoms with E-state index in [2.05, 4.69) is 15.7 Å². The fraction of sp³-hybridized carbons (Fsp3) is 0.444. The summed E-state index contributed by atoms with van der Waals surface area (Å²) in [5, 5.41) is 9.99. The molecule has 1 aromatic heterocycles. The molecule has 1 fully saturated rings. The van der Waals surface area contributed by atoms with E-state index in [1.54, 1.807) is 6.20 Å². The van der Waals surface area contributed by atoms with Gasteiger partial charge in [0.1, 0.15) is 6.04 Å². The van der Waals surface area contributed by atoms with Gasteiger partial charge in [-0.2, -0.15) is 5.10 Å². The van der Waals surface area contributed by atoms with E-state index < -0.39 is 6.04 Å². The average Bonchev–Trinajstić information content (AvgIpc) is 2.71. The number of nitrogens with one attached hydrogen (secondary N) is 2.